The van der Waals surface area contributed by atoms with Gasteiger partial charge in [-0.05, 0) is 64.0 Å². The molecule has 0 spiro atoms. The van der Waals surface area contributed by atoms with Crippen LogP contribution in [0.4, 0.5) is 4.79 Å². The summed E-state index contributed by atoms with van der Waals surface area (Å²) in [4.78, 5) is 11.9. The summed E-state index contributed by atoms with van der Waals surface area (Å²) in [5.74, 6) is 0.273. The molecule has 2 unspecified atom stereocenters. The highest BCUT2D eigenvalue weighted by Crippen LogP contribution is 2.40. The van der Waals surface area contributed by atoms with Crippen molar-refractivity contribution in [2.75, 3.05) is 6.54 Å². The third-order valence-corrected chi connectivity index (χ3v) is 6.89. The molecule has 7 heteroatoms. The van der Waals surface area contributed by atoms with Crippen LogP contribution < -0.4 is 5.32 Å². The van der Waals surface area contributed by atoms with Crippen LogP contribution in [0.25, 0.3) is 6.08 Å². The summed E-state index contributed by atoms with van der Waals surface area (Å²) in [6.45, 7) is 6.02. The van der Waals surface area contributed by atoms with Gasteiger partial charge in [0.05, 0.1) is 0 Å². The van der Waals surface area contributed by atoms with Gasteiger partial charge in [0.2, 0.25) is 10.0 Å². The largest absolute Gasteiger partial charge is 0.444 e. The van der Waals surface area contributed by atoms with E-state index in [1.165, 1.54) is 5.41 Å². The summed E-state index contributed by atoms with van der Waals surface area (Å²) in [6, 6.07) is 9.47. The smallest absolute Gasteiger partial charge is 0.407 e. The average Bonchev–Trinajstić information content (AvgIpc) is 2.90. The van der Waals surface area contributed by atoms with Crippen LogP contribution in [0.15, 0.2) is 35.7 Å². The minimum Gasteiger partial charge on any atom is -0.444 e. The molecule has 154 valence electrons. The zero-order valence-corrected chi connectivity index (χ0v) is 17.6. The number of rotatable bonds is 5. The van der Waals surface area contributed by atoms with Crippen molar-refractivity contribution in [1.82, 2.24) is 9.62 Å². The Bertz CT molecular complexity index is 801. The van der Waals surface area contributed by atoms with Crippen molar-refractivity contribution >= 4 is 22.2 Å². The molecule has 0 saturated carbocycles. The minimum absolute atomic E-state index is 0.00890. The highest BCUT2D eigenvalue weighted by atomic mass is 32.2. The molecule has 2 heterocycles. The van der Waals surface area contributed by atoms with E-state index in [9.17, 15) is 13.2 Å². The normalized spacial score (nSPS) is 25.8. The molecule has 0 aliphatic carbocycles. The monoisotopic (exact) mass is 406 g/mol. The number of hydrogen-bond donors (Lipinski definition) is 1. The van der Waals surface area contributed by atoms with Gasteiger partial charge in [0, 0.05) is 24.0 Å². The molecule has 3 rings (SSSR count). The van der Waals surface area contributed by atoms with Gasteiger partial charge in [-0.3, -0.25) is 0 Å². The van der Waals surface area contributed by atoms with E-state index < -0.39 is 21.7 Å². The zero-order valence-electron chi connectivity index (χ0n) is 16.8. The molecule has 28 heavy (non-hydrogen) atoms. The molecule has 0 radical (unpaired) electrons. The molecule has 1 aromatic rings. The van der Waals surface area contributed by atoms with E-state index in [-0.39, 0.29) is 18.0 Å². The lowest BCUT2D eigenvalue weighted by Crippen LogP contribution is -2.48. The number of carbonyl (C=O) groups excluding carboxylic acids is 1. The van der Waals surface area contributed by atoms with Crippen molar-refractivity contribution in [1.29, 1.82) is 0 Å². The standard InChI is InChI=1S/C21H30N2O4S/c1-21(2,3)27-20(24)22-15-17-13-18-9-10-19(14-17)23(18)28(25,26)12-11-16-7-5-4-6-8-16/h4-8,11-12,17-19H,9-10,13-15H2,1-3H3,(H,22,24)/b12-11-. The van der Waals surface area contributed by atoms with Crippen LogP contribution in [0, 0.1) is 5.92 Å². The minimum atomic E-state index is -3.46. The molecule has 6 nitrogen and oxygen atoms in total. The molecule has 1 aromatic carbocycles. The average molecular weight is 407 g/mol. The lowest BCUT2D eigenvalue weighted by molar-refractivity contribution is 0.0507. The number of hydrogen-bond acceptors (Lipinski definition) is 4. The predicted octanol–water partition coefficient (Wildman–Crippen LogP) is 3.75. The molecule has 2 aliphatic heterocycles. The van der Waals surface area contributed by atoms with Gasteiger partial charge in [-0.25, -0.2) is 13.2 Å². The number of nitrogens with zero attached hydrogens (tertiary/aromatic N) is 1. The van der Waals surface area contributed by atoms with Gasteiger partial charge in [-0.2, -0.15) is 4.31 Å². The highest BCUT2D eigenvalue weighted by molar-refractivity contribution is 7.92. The van der Waals surface area contributed by atoms with Crippen LogP contribution in [0.2, 0.25) is 0 Å². The van der Waals surface area contributed by atoms with Crippen LogP contribution in [0.3, 0.4) is 0 Å². The Morgan fingerprint density at radius 1 is 1.18 bits per heavy atom. The number of alkyl carbamates (subject to hydrolysis) is 1. The second-order valence-corrected chi connectivity index (χ2v) is 10.4. The summed E-state index contributed by atoms with van der Waals surface area (Å²) >= 11 is 0. The van der Waals surface area contributed by atoms with Crippen LogP contribution in [0.5, 0.6) is 0 Å². The summed E-state index contributed by atoms with van der Waals surface area (Å²) < 4.78 is 32.8. The van der Waals surface area contributed by atoms with Gasteiger partial charge < -0.3 is 10.1 Å². The van der Waals surface area contributed by atoms with Gasteiger partial charge in [-0.1, -0.05) is 30.3 Å². The fourth-order valence-electron chi connectivity index (χ4n) is 4.17. The third kappa shape index (κ3) is 5.35. The van der Waals surface area contributed by atoms with Crippen molar-refractivity contribution in [3.05, 3.63) is 41.3 Å². The first-order chi connectivity index (χ1) is 13.1. The molecule has 1 amide bonds. The maximum atomic E-state index is 12.9. The Hall–Kier alpha value is -1.86. The summed E-state index contributed by atoms with van der Waals surface area (Å²) in [5, 5.41) is 4.16. The number of piperidine rings is 1. The topological polar surface area (TPSA) is 75.7 Å². The highest BCUT2D eigenvalue weighted by Gasteiger charge is 2.45. The first kappa shape index (κ1) is 20.9. The van der Waals surface area contributed by atoms with Crippen molar-refractivity contribution < 1.29 is 17.9 Å². The number of nitrogens with one attached hydrogen (secondary N) is 1. The van der Waals surface area contributed by atoms with E-state index in [2.05, 4.69) is 5.32 Å². The molecule has 0 aromatic heterocycles. The van der Waals surface area contributed by atoms with Gasteiger partial charge in [0.1, 0.15) is 5.60 Å². The summed E-state index contributed by atoms with van der Waals surface area (Å²) in [6.07, 6.45) is 4.54. The summed E-state index contributed by atoms with van der Waals surface area (Å²) in [7, 11) is -3.46. The van der Waals surface area contributed by atoms with E-state index >= 15 is 0 Å². The number of benzene rings is 1. The molecule has 2 fully saturated rings. The fourth-order valence-corrected chi connectivity index (χ4v) is 5.85. The Morgan fingerprint density at radius 2 is 1.79 bits per heavy atom. The Balaban J connectivity index is 1.59. The van der Waals surface area contributed by atoms with Crippen molar-refractivity contribution in [2.24, 2.45) is 5.92 Å². The van der Waals surface area contributed by atoms with E-state index in [0.717, 1.165) is 31.2 Å². The molecule has 1 N–H and O–H groups in total. The van der Waals surface area contributed by atoms with Gasteiger partial charge in [-0.15, -0.1) is 0 Å². The van der Waals surface area contributed by atoms with E-state index in [4.69, 9.17) is 4.74 Å². The van der Waals surface area contributed by atoms with Crippen molar-refractivity contribution in [2.45, 2.75) is 64.1 Å². The quantitative estimate of drug-likeness (QED) is 0.808. The number of sulfonamides is 1. The van der Waals surface area contributed by atoms with E-state index in [0.29, 0.717) is 6.54 Å². The second-order valence-electron chi connectivity index (χ2n) is 8.69. The van der Waals surface area contributed by atoms with Crippen LogP contribution in [-0.4, -0.2) is 43.0 Å². The molecule has 2 bridgehead atoms. The number of amides is 1. The first-order valence-electron chi connectivity index (χ1n) is 9.87. The third-order valence-electron chi connectivity index (χ3n) is 5.22. The van der Waals surface area contributed by atoms with Crippen molar-refractivity contribution in [3.8, 4) is 0 Å². The maximum Gasteiger partial charge on any atom is 0.407 e. The van der Waals surface area contributed by atoms with Gasteiger partial charge >= 0.3 is 6.09 Å². The molecule has 2 saturated heterocycles. The molecular weight excluding hydrogens is 376 g/mol. The lowest BCUT2D eigenvalue weighted by Gasteiger charge is -2.37. The summed E-state index contributed by atoms with van der Waals surface area (Å²) in [5.41, 5.74) is 0.348. The van der Waals surface area contributed by atoms with Crippen molar-refractivity contribution in [3.63, 3.8) is 0 Å². The number of carbonyl (C=O) groups is 1. The zero-order chi connectivity index (χ0) is 20.4. The Morgan fingerprint density at radius 3 is 2.36 bits per heavy atom. The lowest BCUT2D eigenvalue weighted by atomic mass is 9.92. The molecule has 2 aliphatic rings. The Kier molecular flexibility index (Phi) is 6.15. The van der Waals surface area contributed by atoms with Gasteiger partial charge in [0.15, 0.2) is 0 Å². The molecule has 2 atom stereocenters. The fraction of sp³-hybridized carbons (Fsp3) is 0.571. The van der Waals surface area contributed by atoms with E-state index in [1.807, 2.05) is 51.1 Å². The molecular formula is C21H30N2O4S. The van der Waals surface area contributed by atoms with Crippen LogP contribution >= 0.6 is 0 Å². The maximum absolute atomic E-state index is 12.9. The Labute approximate surface area is 168 Å². The van der Waals surface area contributed by atoms with E-state index in [1.54, 1.807) is 10.4 Å². The second kappa shape index (κ2) is 8.25. The first-order valence-corrected chi connectivity index (χ1v) is 11.4. The predicted molar refractivity (Wildman–Crippen MR) is 110 cm³/mol. The SMILES string of the molecule is CC(C)(C)OC(=O)NCC1CC2CCC(C1)N2S(=O)(=O)/C=C\c1ccccc1. The van der Waals surface area contributed by atoms with Crippen LogP contribution in [0.1, 0.15) is 52.0 Å². The number of ether oxygens (including phenoxy) is 1. The number of fused-ring (bicyclic) bond motifs is 2. The van der Waals surface area contributed by atoms with Gasteiger partial charge in [0.25, 0.3) is 0 Å². The van der Waals surface area contributed by atoms with Crippen LogP contribution in [-0.2, 0) is 14.8 Å².